The van der Waals surface area contributed by atoms with Crippen LogP contribution in [0, 0.1) is 11.8 Å². The summed E-state index contributed by atoms with van der Waals surface area (Å²) in [5.74, 6) is 2.61. The maximum Gasteiger partial charge on any atom is 0.0406 e. The molecule has 1 N–H and O–H groups in total. The molecular weight excluding hydrogens is 194 g/mol. The summed E-state index contributed by atoms with van der Waals surface area (Å²) in [5.41, 5.74) is 1.47. The summed E-state index contributed by atoms with van der Waals surface area (Å²) < 4.78 is 0. The van der Waals surface area contributed by atoms with E-state index in [1.54, 1.807) is 0 Å². The Balaban J connectivity index is 1.80. The Kier molecular flexibility index (Phi) is 2.03. The molecular formula is C12H14ClN. The molecule has 0 bridgehead atoms. The summed E-state index contributed by atoms with van der Waals surface area (Å²) in [5, 5.41) is 4.31. The lowest BCUT2D eigenvalue weighted by atomic mass is 9.64. The molecule has 14 heavy (non-hydrogen) atoms. The zero-order chi connectivity index (χ0) is 9.54. The Morgan fingerprint density at radius 2 is 1.93 bits per heavy atom. The van der Waals surface area contributed by atoms with Crippen molar-refractivity contribution in [1.29, 1.82) is 0 Å². The molecule has 0 aromatic heterocycles. The standard InChI is InChI=1S/C12H14ClN/c13-10-3-1-8(2-4-10)11-5-9-6-14-7-12(9)11/h1-4,9,11-12,14H,5-7H2/t9-,11-,12+/m1/s1. The zero-order valence-corrected chi connectivity index (χ0v) is 8.80. The highest BCUT2D eigenvalue weighted by Crippen LogP contribution is 2.48. The van der Waals surface area contributed by atoms with E-state index >= 15 is 0 Å². The average molecular weight is 208 g/mol. The van der Waals surface area contributed by atoms with Crippen LogP contribution in [0.1, 0.15) is 17.9 Å². The number of rotatable bonds is 1. The fraction of sp³-hybridized carbons (Fsp3) is 0.500. The Morgan fingerprint density at radius 1 is 1.14 bits per heavy atom. The summed E-state index contributed by atoms with van der Waals surface area (Å²) in [6.45, 7) is 2.44. The number of halogens is 1. The fourth-order valence-electron chi connectivity index (χ4n) is 2.88. The van der Waals surface area contributed by atoms with Crippen LogP contribution in [0.25, 0.3) is 0 Å². The number of hydrogen-bond donors (Lipinski definition) is 1. The van der Waals surface area contributed by atoms with Crippen LogP contribution < -0.4 is 5.32 Å². The van der Waals surface area contributed by atoms with Gasteiger partial charge in [-0.15, -0.1) is 0 Å². The summed E-state index contributed by atoms with van der Waals surface area (Å²) in [4.78, 5) is 0. The second kappa shape index (κ2) is 3.25. The number of benzene rings is 1. The first-order valence-corrected chi connectivity index (χ1v) is 5.68. The minimum atomic E-state index is 0.785. The first-order chi connectivity index (χ1) is 6.84. The Labute approximate surface area is 89.5 Å². The van der Waals surface area contributed by atoms with E-state index in [0.717, 1.165) is 22.8 Å². The van der Waals surface area contributed by atoms with E-state index in [9.17, 15) is 0 Å². The molecule has 1 aromatic rings. The third-order valence-electron chi connectivity index (χ3n) is 3.76. The third kappa shape index (κ3) is 1.27. The lowest BCUT2D eigenvalue weighted by Gasteiger charge is -2.40. The maximum atomic E-state index is 5.88. The van der Waals surface area contributed by atoms with Crippen LogP contribution >= 0.6 is 11.6 Å². The van der Waals surface area contributed by atoms with Gasteiger partial charge in [0, 0.05) is 5.02 Å². The predicted molar refractivity (Wildman–Crippen MR) is 58.7 cm³/mol. The first-order valence-electron chi connectivity index (χ1n) is 5.31. The SMILES string of the molecule is Clc1ccc([C@H]2C[C@@H]3CNC[C@@H]32)cc1. The molecule has 0 radical (unpaired) electrons. The van der Waals surface area contributed by atoms with Crippen LogP contribution in [0.4, 0.5) is 0 Å². The van der Waals surface area contributed by atoms with Crippen molar-refractivity contribution in [2.24, 2.45) is 11.8 Å². The molecule has 3 atom stereocenters. The second-order valence-corrected chi connectivity index (χ2v) is 4.91. The molecule has 0 spiro atoms. The number of hydrogen-bond acceptors (Lipinski definition) is 1. The summed E-state index contributed by atoms with van der Waals surface area (Å²) in [7, 11) is 0. The minimum Gasteiger partial charge on any atom is -0.316 e. The van der Waals surface area contributed by atoms with Crippen LogP contribution in [0.15, 0.2) is 24.3 Å². The molecule has 1 saturated heterocycles. The highest BCUT2D eigenvalue weighted by atomic mass is 35.5. The van der Waals surface area contributed by atoms with Gasteiger partial charge in [-0.2, -0.15) is 0 Å². The number of nitrogens with one attached hydrogen (secondary N) is 1. The molecule has 2 heteroatoms. The van der Waals surface area contributed by atoms with E-state index in [-0.39, 0.29) is 0 Å². The minimum absolute atomic E-state index is 0.785. The highest BCUT2D eigenvalue weighted by Gasteiger charge is 2.44. The van der Waals surface area contributed by atoms with Gasteiger partial charge in [-0.3, -0.25) is 0 Å². The lowest BCUT2D eigenvalue weighted by molar-refractivity contribution is 0.191. The molecule has 0 unspecified atom stereocenters. The van der Waals surface area contributed by atoms with Gasteiger partial charge in [0.25, 0.3) is 0 Å². The van der Waals surface area contributed by atoms with E-state index < -0.39 is 0 Å². The molecule has 74 valence electrons. The molecule has 1 saturated carbocycles. The highest BCUT2D eigenvalue weighted by molar-refractivity contribution is 6.30. The van der Waals surface area contributed by atoms with Crippen molar-refractivity contribution < 1.29 is 0 Å². The van der Waals surface area contributed by atoms with Gasteiger partial charge in [0.1, 0.15) is 0 Å². The average Bonchev–Trinajstić information content (AvgIpc) is 2.52. The van der Waals surface area contributed by atoms with Crippen molar-refractivity contribution in [2.75, 3.05) is 13.1 Å². The molecule has 1 aliphatic carbocycles. The summed E-state index contributed by atoms with van der Waals surface area (Å²) in [6, 6.07) is 8.38. The monoisotopic (exact) mass is 207 g/mol. The molecule has 1 aromatic carbocycles. The maximum absolute atomic E-state index is 5.88. The molecule has 2 aliphatic rings. The van der Waals surface area contributed by atoms with E-state index in [1.807, 2.05) is 12.1 Å². The normalized spacial score (nSPS) is 35.1. The fourth-order valence-corrected chi connectivity index (χ4v) is 3.01. The van der Waals surface area contributed by atoms with Crippen molar-refractivity contribution >= 4 is 11.6 Å². The quantitative estimate of drug-likeness (QED) is 0.747. The van der Waals surface area contributed by atoms with Gasteiger partial charge in [0.2, 0.25) is 0 Å². The summed E-state index contributed by atoms with van der Waals surface area (Å²) in [6.07, 6.45) is 1.36. The molecule has 3 rings (SSSR count). The molecule has 1 nitrogen and oxygen atoms in total. The molecule has 1 aliphatic heterocycles. The molecule has 0 amide bonds. The Hall–Kier alpha value is -0.530. The number of fused-ring (bicyclic) bond motifs is 1. The van der Waals surface area contributed by atoms with Crippen LogP contribution in [0.5, 0.6) is 0 Å². The van der Waals surface area contributed by atoms with Gasteiger partial charge < -0.3 is 5.32 Å². The smallest absolute Gasteiger partial charge is 0.0406 e. The van der Waals surface area contributed by atoms with Crippen LogP contribution in [0.2, 0.25) is 5.02 Å². The van der Waals surface area contributed by atoms with E-state index in [0.29, 0.717) is 0 Å². The van der Waals surface area contributed by atoms with E-state index in [2.05, 4.69) is 17.4 Å². The summed E-state index contributed by atoms with van der Waals surface area (Å²) >= 11 is 5.88. The van der Waals surface area contributed by atoms with Crippen LogP contribution in [-0.2, 0) is 0 Å². The molecule has 1 heterocycles. The van der Waals surface area contributed by atoms with Gasteiger partial charge in [0.05, 0.1) is 0 Å². The second-order valence-electron chi connectivity index (χ2n) is 4.48. The van der Waals surface area contributed by atoms with E-state index in [1.165, 1.54) is 25.1 Å². The van der Waals surface area contributed by atoms with Crippen molar-refractivity contribution in [2.45, 2.75) is 12.3 Å². The Bertz CT molecular complexity index is 333. The first kappa shape index (κ1) is 8.75. The van der Waals surface area contributed by atoms with Crippen molar-refractivity contribution in [1.82, 2.24) is 5.32 Å². The van der Waals surface area contributed by atoms with Gasteiger partial charge >= 0.3 is 0 Å². The van der Waals surface area contributed by atoms with Crippen molar-refractivity contribution in [3.05, 3.63) is 34.9 Å². The van der Waals surface area contributed by atoms with Gasteiger partial charge in [-0.25, -0.2) is 0 Å². The van der Waals surface area contributed by atoms with Crippen LogP contribution in [0.3, 0.4) is 0 Å². The topological polar surface area (TPSA) is 12.0 Å². The van der Waals surface area contributed by atoms with Gasteiger partial charge in [0.15, 0.2) is 0 Å². The predicted octanol–water partition coefficient (Wildman–Crippen LogP) is 2.66. The van der Waals surface area contributed by atoms with Crippen molar-refractivity contribution in [3.63, 3.8) is 0 Å². The van der Waals surface area contributed by atoms with Crippen molar-refractivity contribution in [3.8, 4) is 0 Å². The Morgan fingerprint density at radius 3 is 2.64 bits per heavy atom. The van der Waals surface area contributed by atoms with Crippen LogP contribution in [-0.4, -0.2) is 13.1 Å². The third-order valence-corrected chi connectivity index (χ3v) is 4.02. The molecule has 2 fully saturated rings. The van der Waals surface area contributed by atoms with Gasteiger partial charge in [-0.1, -0.05) is 23.7 Å². The van der Waals surface area contributed by atoms with E-state index in [4.69, 9.17) is 11.6 Å². The zero-order valence-electron chi connectivity index (χ0n) is 8.04. The van der Waals surface area contributed by atoms with Gasteiger partial charge in [-0.05, 0) is 55.0 Å². The largest absolute Gasteiger partial charge is 0.316 e. The lowest BCUT2D eigenvalue weighted by Crippen LogP contribution is -2.33.